The van der Waals surface area contributed by atoms with Crippen LogP contribution in [0.1, 0.15) is 0 Å². The lowest BCUT2D eigenvalue weighted by Gasteiger charge is -2.13. The molecule has 0 fully saturated rings. The summed E-state index contributed by atoms with van der Waals surface area (Å²) in [6.07, 6.45) is 0. The number of rotatable bonds is 5. The van der Waals surface area contributed by atoms with Crippen molar-refractivity contribution in [2.24, 2.45) is 0 Å². The van der Waals surface area contributed by atoms with Crippen molar-refractivity contribution in [2.45, 2.75) is 5.16 Å². The van der Waals surface area contributed by atoms with Crippen LogP contribution in [0, 0.1) is 5.82 Å². The molecule has 0 atom stereocenters. The molecule has 0 aliphatic rings. The Hall–Kier alpha value is -3.16. The van der Waals surface area contributed by atoms with Crippen molar-refractivity contribution in [3.8, 4) is 5.69 Å². The SMILES string of the molecule is O=C(CSc1nc2ccccc2c(=O)n1-c1ccc(F)cc1)Nc1ccccc1Cl. The molecule has 0 bridgehead atoms. The van der Waals surface area contributed by atoms with Crippen molar-refractivity contribution in [3.63, 3.8) is 0 Å². The number of nitrogens with zero attached hydrogens (tertiary/aromatic N) is 2. The first-order valence-electron chi connectivity index (χ1n) is 8.98. The molecule has 1 aromatic heterocycles. The number of thioether (sulfide) groups is 1. The number of anilines is 1. The van der Waals surface area contributed by atoms with Crippen LogP contribution in [0.15, 0.2) is 82.7 Å². The van der Waals surface area contributed by atoms with Crippen LogP contribution in [0.5, 0.6) is 0 Å². The van der Waals surface area contributed by atoms with Gasteiger partial charge in [0.1, 0.15) is 5.82 Å². The summed E-state index contributed by atoms with van der Waals surface area (Å²) >= 11 is 7.19. The van der Waals surface area contributed by atoms with Crippen LogP contribution in [0.25, 0.3) is 16.6 Å². The number of aromatic nitrogens is 2. The van der Waals surface area contributed by atoms with E-state index in [-0.39, 0.29) is 17.2 Å². The van der Waals surface area contributed by atoms with Gasteiger partial charge in [-0.2, -0.15) is 0 Å². The molecule has 150 valence electrons. The van der Waals surface area contributed by atoms with Gasteiger partial charge < -0.3 is 5.32 Å². The Morgan fingerprint density at radius 1 is 1.03 bits per heavy atom. The van der Waals surface area contributed by atoms with E-state index in [1.807, 2.05) is 0 Å². The topological polar surface area (TPSA) is 64.0 Å². The fraction of sp³-hybridized carbons (Fsp3) is 0.0455. The van der Waals surface area contributed by atoms with E-state index < -0.39 is 5.82 Å². The summed E-state index contributed by atoms with van der Waals surface area (Å²) < 4.78 is 14.8. The van der Waals surface area contributed by atoms with Gasteiger partial charge in [0.15, 0.2) is 5.16 Å². The lowest BCUT2D eigenvalue weighted by molar-refractivity contribution is -0.113. The van der Waals surface area contributed by atoms with E-state index in [2.05, 4.69) is 10.3 Å². The average Bonchev–Trinajstić information content (AvgIpc) is 2.75. The van der Waals surface area contributed by atoms with Crippen molar-refractivity contribution in [2.75, 3.05) is 11.1 Å². The Labute approximate surface area is 180 Å². The summed E-state index contributed by atoms with van der Waals surface area (Å²) in [5, 5.41) is 3.95. The quantitative estimate of drug-likeness (QED) is 0.354. The molecule has 0 saturated carbocycles. The Morgan fingerprint density at radius 3 is 2.50 bits per heavy atom. The summed E-state index contributed by atoms with van der Waals surface area (Å²) in [6.45, 7) is 0. The molecule has 5 nitrogen and oxygen atoms in total. The Kier molecular flexibility index (Phi) is 5.83. The molecule has 1 N–H and O–H groups in total. The number of benzene rings is 3. The number of amides is 1. The van der Waals surface area contributed by atoms with Gasteiger partial charge >= 0.3 is 0 Å². The maximum Gasteiger partial charge on any atom is 0.266 e. The summed E-state index contributed by atoms with van der Waals surface area (Å²) in [5.74, 6) is -0.688. The summed E-state index contributed by atoms with van der Waals surface area (Å²) in [4.78, 5) is 30.1. The highest BCUT2D eigenvalue weighted by Crippen LogP contribution is 2.24. The molecule has 1 amide bonds. The Balaban J connectivity index is 1.68. The standard InChI is InChI=1S/C22H15ClFN3O2S/c23-17-6-2-4-8-19(17)25-20(28)13-30-22-26-18-7-3-1-5-16(18)21(29)27(22)15-11-9-14(24)10-12-15/h1-12H,13H2,(H,25,28). The van der Waals surface area contributed by atoms with E-state index in [1.165, 1.54) is 28.8 Å². The molecule has 8 heteroatoms. The van der Waals surface area contributed by atoms with Crippen LogP contribution in [0.2, 0.25) is 5.02 Å². The van der Waals surface area contributed by atoms with Gasteiger partial charge in [-0.25, -0.2) is 9.37 Å². The van der Waals surface area contributed by atoms with Gasteiger partial charge in [-0.3, -0.25) is 14.2 Å². The van der Waals surface area contributed by atoms with Crippen molar-refractivity contribution in [3.05, 3.63) is 94.0 Å². The second kappa shape index (κ2) is 8.69. The zero-order valence-corrected chi connectivity index (χ0v) is 17.1. The van der Waals surface area contributed by atoms with Crippen LogP contribution >= 0.6 is 23.4 Å². The second-order valence-corrected chi connectivity index (χ2v) is 7.69. The van der Waals surface area contributed by atoms with Gasteiger partial charge in [0, 0.05) is 0 Å². The van der Waals surface area contributed by atoms with Gasteiger partial charge in [0.25, 0.3) is 5.56 Å². The first-order valence-corrected chi connectivity index (χ1v) is 10.3. The lowest BCUT2D eigenvalue weighted by atomic mass is 10.2. The maximum atomic E-state index is 13.4. The maximum absolute atomic E-state index is 13.4. The third-order valence-corrected chi connectivity index (χ3v) is 5.58. The monoisotopic (exact) mass is 439 g/mol. The molecule has 0 spiro atoms. The summed E-state index contributed by atoms with van der Waals surface area (Å²) in [6, 6.07) is 19.4. The number of carbonyl (C=O) groups is 1. The first kappa shape index (κ1) is 20.1. The normalized spacial score (nSPS) is 10.9. The van der Waals surface area contributed by atoms with E-state index in [1.54, 1.807) is 48.5 Å². The highest BCUT2D eigenvalue weighted by molar-refractivity contribution is 7.99. The zero-order valence-electron chi connectivity index (χ0n) is 15.5. The van der Waals surface area contributed by atoms with E-state index in [4.69, 9.17) is 11.6 Å². The van der Waals surface area contributed by atoms with Crippen molar-refractivity contribution in [1.82, 2.24) is 9.55 Å². The molecule has 3 aromatic carbocycles. The van der Waals surface area contributed by atoms with Crippen molar-refractivity contribution >= 4 is 45.9 Å². The van der Waals surface area contributed by atoms with Crippen LogP contribution in [0.4, 0.5) is 10.1 Å². The predicted octanol–water partition coefficient (Wildman–Crippen LogP) is 4.91. The van der Waals surface area contributed by atoms with E-state index in [0.29, 0.717) is 32.5 Å². The van der Waals surface area contributed by atoms with Gasteiger partial charge in [-0.15, -0.1) is 0 Å². The second-order valence-electron chi connectivity index (χ2n) is 6.35. The third kappa shape index (κ3) is 4.22. The summed E-state index contributed by atoms with van der Waals surface area (Å²) in [7, 11) is 0. The first-order chi connectivity index (χ1) is 14.5. The molecule has 1 heterocycles. The minimum atomic E-state index is -0.408. The number of para-hydroxylation sites is 2. The molecule has 30 heavy (non-hydrogen) atoms. The molecule has 4 rings (SSSR count). The van der Waals surface area contributed by atoms with Crippen LogP contribution in [-0.2, 0) is 4.79 Å². The minimum absolute atomic E-state index is 0.0111. The molecule has 0 aliphatic heterocycles. The molecule has 0 aliphatic carbocycles. The van der Waals surface area contributed by atoms with Crippen LogP contribution < -0.4 is 10.9 Å². The van der Waals surface area contributed by atoms with Crippen molar-refractivity contribution < 1.29 is 9.18 Å². The smallest absolute Gasteiger partial charge is 0.266 e. The fourth-order valence-electron chi connectivity index (χ4n) is 2.91. The number of fused-ring (bicyclic) bond motifs is 1. The lowest BCUT2D eigenvalue weighted by Crippen LogP contribution is -2.23. The molecule has 4 aromatic rings. The number of halogens is 2. The average molecular weight is 440 g/mol. The number of carbonyl (C=O) groups excluding carboxylic acids is 1. The van der Waals surface area contributed by atoms with Crippen LogP contribution in [-0.4, -0.2) is 21.2 Å². The molecular weight excluding hydrogens is 425 g/mol. The Bertz CT molecular complexity index is 1290. The number of hydrogen-bond donors (Lipinski definition) is 1. The highest BCUT2D eigenvalue weighted by atomic mass is 35.5. The predicted molar refractivity (Wildman–Crippen MR) is 118 cm³/mol. The number of hydrogen-bond acceptors (Lipinski definition) is 4. The van der Waals surface area contributed by atoms with Crippen molar-refractivity contribution in [1.29, 1.82) is 0 Å². The Morgan fingerprint density at radius 2 is 1.73 bits per heavy atom. The highest BCUT2D eigenvalue weighted by Gasteiger charge is 2.15. The molecule has 0 unspecified atom stereocenters. The largest absolute Gasteiger partial charge is 0.324 e. The molecule has 0 radical (unpaired) electrons. The molecule has 0 saturated heterocycles. The zero-order chi connectivity index (χ0) is 21.1. The third-order valence-electron chi connectivity index (χ3n) is 4.31. The molecular formula is C22H15ClFN3O2S. The van der Waals surface area contributed by atoms with Gasteiger partial charge in [-0.05, 0) is 48.5 Å². The van der Waals surface area contributed by atoms with E-state index in [9.17, 15) is 14.0 Å². The fourth-order valence-corrected chi connectivity index (χ4v) is 3.90. The van der Waals surface area contributed by atoms with Gasteiger partial charge in [0.05, 0.1) is 33.1 Å². The van der Waals surface area contributed by atoms with E-state index >= 15 is 0 Å². The number of nitrogens with one attached hydrogen (secondary N) is 1. The van der Waals surface area contributed by atoms with Crippen LogP contribution in [0.3, 0.4) is 0 Å². The minimum Gasteiger partial charge on any atom is -0.324 e. The van der Waals surface area contributed by atoms with Gasteiger partial charge in [-0.1, -0.05) is 47.6 Å². The van der Waals surface area contributed by atoms with Gasteiger partial charge in [0.2, 0.25) is 5.91 Å². The van der Waals surface area contributed by atoms with E-state index in [0.717, 1.165) is 11.8 Å². The summed E-state index contributed by atoms with van der Waals surface area (Å²) in [5.41, 5.74) is 1.21.